The Morgan fingerprint density at radius 2 is 1.44 bits per heavy atom. The SMILES string of the molecule is O=S(=O)(O)[C@@]1(O)[C@@H](O)[C@H](O[C@H]2[C@H](O)[C@@H](O)C(O)O[C@@H]2CO)O[C@H](CO)[C@@H]1O. The molecule has 27 heavy (non-hydrogen) atoms. The maximum atomic E-state index is 11.5. The van der Waals surface area contributed by atoms with Gasteiger partial charge in [0.2, 0.25) is 0 Å². The van der Waals surface area contributed by atoms with Crippen LogP contribution < -0.4 is 0 Å². The molecule has 0 spiro atoms. The molecule has 160 valence electrons. The minimum absolute atomic E-state index is 0.858. The Hall–Kier alpha value is -0.530. The highest BCUT2D eigenvalue weighted by molar-refractivity contribution is 7.87. The fourth-order valence-corrected chi connectivity index (χ4v) is 3.78. The van der Waals surface area contributed by atoms with Crippen LogP contribution in [0.4, 0.5) is 0 Å². The lowest BCUT2D eigenvalue weighted by atomic mass is 9.96. The van der Waals surface area contributed by atoms with Crippen molar-refractivity contribution in [2.75, 3.05) is 13.2 Å². The Labute approximate surface area is 152 Å². The third-order valence-corrected chi connectivity index (χ3v) is 5.80. The van der Waals surface area contributed by atoms with E-state index in [4.69, 9.17) is 14.2 Å². The van der Waals surface area contributed by atoms with Crippen LogP contribution in [0.5, 0.6) is 0 Å². The Kier molecular flexibility index (Phi) is 6.80. The van der Waals surface area contributed by atoms with E-state index in [2.05, 4.69) is 0 Å². The van der Waals surface area contributed by atoms with Crippen LogP contribution >= 0.6 is 0 Å². The van der Waals surface area contributed by atoms with Gasteiger partial charge in [0.1, 0.15) is 36.6 Å². The molecule has 0 amide bonds. The molecule has 0 saturated carbocycles. The van der Waals surface area contributed by atoms with E-state index in [1.54, 1.807) is 0 Å². The molecular weight excluding hydrogens is 400 g/mol. The summed E-state index contributed by atoms with van der Waals surface area (Å²) in [5, 5.41) is 77.7. The highest BCUT2D eigenvalue weighted by Crippen LogP contribution is 2.36. The molecule has 15 heteroatoms. The molecule has 2 aliphatic heterocycles. The zero-order valence-corrected chi connectivity index (χ0v) is 14.4. The highest BCUT2D eigenvalue weighted by atomic mass is 32.2. The third-order valence-electron chi connectivity index (χ3n) is 4.49. The Bertz CT molecular complexity index is 611. The van der Waals surface area contributed by atoms with Gasteiger partial charge in [0, 0.05) is 0 Å². The number of rotatable bonds is 5. The molecule has 14 nitrogen and oxygen atoms in total. The lowest BCUT2D eigenvalue weighted by molar-refractivity contribution is -0.360. The summed E-state index contributed by atoms with van der Waals surface area (Å²) in [6.07, 6.45) is -18.1. The topological polar surface area (TPSA) is 244 Å². The van der Waals surface area contributed by atoms with Crippen molar-refractivity contribution in [1.82, 2.24) is 0 Å². The van der Waals surface area contributed by atoms with Gasteiger partial charge in [0.05, 0.1) is 13.2 Å². The predicted molar refractivity (Wildman–Crippen MR) is 79.1 cm³/mol. The van der Waals surface area contributed by atoms with Crippen molar-refractivity contribution in [2.45, 2.75) is 60.2 Å². The van der Waals surface area contributed by atoms with E-state index in [1.807, 2.05) is 0 Å². The third kappa shape index (κ3) is 3.84. The molecule has 1 unspecified atom stereocenters. The van der Waals surface area contributed by atoms with Crippen molar-refractivity contribution in [3.63, 3.8) is 0 Å². The van der Waals surface area contributed by atoms with Crippen molar-refractivity contribution < 1.29 is 68.0 Å². The molecule has 0 bridgehead atoms. The summed E-state index contributed by atoms with van der Waals surface area (Å²) < 4.78 is 47.1. The van der Waals surface area contributed by atoms with E-state index in [0.717, 1.165) is 0 Å². The van der Waals surface area contributed by atoms with Crippen molar-refractivity contribution in [3.05, 3.63) is 0 Å². The lowest BCUT2D eigenvalue weighted by Crippen LogP contribution is -2.71. The van der Waals surface area contributed by atoms with E-state index in [9.17, 15) is 53.8 Å². The quantitative estimate of drug-likeness (QED) is 0.187. The molecule has 0 aliphatic carbocycles. The van der Waals surface area contributed by atoms with Crippen molar-refractivity contribution in [1.29, 1.82) is 0 Å². The normalized spacial score (nSPS) is 49.1. The first kappa shape index (κ1) is 22.8. The second kappa shape index (κ2) is 8.07. The van der Waals surface area contributed by atoms with Crippen LogP contribution in [0.15, 0.2) is 0 Å². The first-order chi connectivity index (χ1) is 12.4. The summed E-state index contributed by atoms with van der Waals surface area (Å²) in [6.45, 7) is -1.93. The molecule has 2 rings (SSSR count). The van der Waals surface area contributed by atoms with Crippen LogP contribution in [-0.4, -0.2) is 127 Å². The molecule has 10 atom stereocenters. The second-order valence-electron chi connectivity index (χ2n) is 6.17. The number of aliphatic hydroxyl groups excluding tert-OH is 7. The van der Waals surface area contributed by atoms with Gasteiger partial charge in [0.25, 0.3) is 4.93 Å². The Balaban J connectivity index is 2.33. The van der Waals surface area contributed by atoms with Gasteiger partial charge in [-0.1, -0.05) is 0 Å². The molecule has 0 aromatic carbocycles. The van der Waals surface area contributed by atoms with E-state index >= 15 is 0 Å². The largest absolute Gasteiger partial charge is 0.394 e. The van der Waals surface area contributed by atoms with E-state index in [-0.39, 0.29) is 0 Å². The first-order valence-corrected chi connectivity index (χ1v) is 9.12. The Morgan fingerprint density at radius 3 is 1.93 bits per heavy atom. The van der Waals surface area contributed by atoms with Gasteiger partial charge >= 0.3 is 10.1 Å². The smallest absolute Gasteiger partial charge is 0.300 e. The average Bonchev–Trinajstić information content (AvgIpc) is 2.60. The van der Waals surface area contributed by atoms with E-state index in [1.165, 1.54) is 0 Å². The number of hydrogen-bond donors (Lipinski definition) is 9. The van der Waals surface area contributed by atoms with Crippen LogP contribution in [0.3, 0.4) is 0 Å². The molecule has 0 radical (unpaired) electrons. The van der Waals surface area contributed by atoms with Crippen LogP contribution in [0.1, 0.15) is 0 Å². The van der Waals surface area contributed by atoms with E-state index < -0.39 is 83.6 Å². The molecule has 9 N–H and O–H groups in total. The molecule has 2 aliphatic rings. The van der Waals surface area contributed by atoms with Gasteiger partial charge in [-0.05, 0) is 0 Å². The molecule has 0 aromatic heterocycles. The molecular formula is C12H22O14S. The molecule has 2 saturated heterocycles. The highest BCUT2D eigenvalue weighted by Gasteiger charge is 2.64. The van der Waals surface area contributed by atoms with Gasteiger partial charge < -0.3 is 55.1 Å². The lowest BCUT2D eigenvalue weighted by Gasteiger charge is -2.48. The zero-order chi connectivity index (χ0) is 20.7. The van der Waals surface area contributed by atoms with Gasteiger partial charge in [-0.15, -0.1) is 0 Å². The van der Waals surface area contributed by atoms with Crippen molar-refractivity contribution in [2.24, 2.45) is 0 Å². The van der Waals surface area contributed by atoms with Crippen LogP contribution in [0.2, 0.25) is 0 Å². The summed E-state index contributed by atoms with van der Waals surface area (Å²) in [5.74, 6) is 0. The van der Waals surface area contributed by atoms with E-state index in [0.29, 0.717) is 0 Å². The minimum atomic E-state index is -5.54. The van der Waals surface area contributed by atoms with Crippen LogP contribution in [0, 0.1) is 0 Å². The summed E-state index contributed by atoms with van der Waals surface area (Å²) in [6, 6.07) is 0. The summed E-state index contributed by atoms with van der Waals surface area (Å²) in [4.78, 5) is -3.63. The number of hydrogen-bond acceptors (Lipinski definition) is 13. The predicted octanol–water partition coefficient (Wildman–Crippen LogP) is -6.18. The fraction of sp³-hybridized carbons (Fsp3) is 1.00. The Morgan fingerprint density at radius 1 is 0.889 bits per heavy atom. The standard InChI is InChI=1S/C12H22O14S/c13-1-3-7(5(15)6(16)10(19)24-3)26-11-9(18)12(20,27(21,22)23)8(17)4(2-14)25-11/h3-11,13-20H,1-2H2,(H,21,22,23)/t3-,4-,5-,6-,7-,8+,9+,10?,11+,12-/m1/s1. The zero-order valence-electron chi connectivity index (χ0n) is 13.6. The molecule has 2 heterocycles. The average molecular weight is 422 g/mol. The number of ether oxygens (including phenoxy) is 3. The number of aliphatic hydroxyl groups is 8. The van der Waals surface area contributed by atoms with Crippen molar-refractivity contribution in [3.8, 4) is 0 Å². The van der Waals surface area contributed by atoms with Crippen LogP contribution in [-0.2, 0) is 24.3 Å². The minimum Gasteiger partial charge on any atom is -0.394 e. The van der Waals surface area contributed by atoms with Gasteiger partial charge in [-0.3, -0.25) is 4.55 Å². The maximum Gasteiger partial charge on any atom is 0.300 e. The molecule has 0 aromatic rings. The maximum absolute atomic E-state index is 11.5. The van der Waals surface area contributed by atoms with Crippen molar-refractivity contribution >= 4 is 10.1 Å². The van der Waals surface area contributed by atoms with Gasteiger partial charge in [-0.2, -0.15) is 8.42 Å². The monoisotopic (exact) mass is 422 g/mol. The first-order valence-electron chi connectivity index (χ1n) is 7.68. The van der Waals surface area contributed by atoms with Crippen LogP contribution in [0.25, 0.3) is 0 Å². The van der Waals surface area contributed by atoms with Gasteiger partial charge in [0.15, 0.2) is 18.7 Å². The second-order valence-corrected chi connectivity index (χ2v) is 7.78. The summed E-state index contributed by atoms with van der Waals surface area (Å²) >= 11 is 0. The fourth-order valence-electron chi connectivity index (χ4n) is 2.90. The summed E-state index contributed by atoms with van der Waals surface area (Å²) in [5.41, 5.74) is 0. The van der Waals surface area contributed by atoms with Gasteiger partial charge in [-0.25, -0.2) is 0 Å². The summed E-state index contributed by atoms with van der Waals surface area (Å²) in [7, 11) is -5.54. The molecule has 2 fully saturated rings.